The van der Waals surface area contributed by atoms with Crippen LogP contribution in [0.2, 0.25) is 0 Å². The Kier molecular flexibility index (Phi) is 3.86. The lowest BCUT2D eigenvalue weighted by Gasteiger charge is -2.40. The summed E-state index contributed by atoms with van der Waals surface area (Å²) in [6, 6.07) is 3.42. The summed E-state index contributed by atoms with van der Waals surface area (Å²) in [7, 11) is 3.06. The number of pyridine rings is 1. The van der Waals surface area contributed by atoms with Crippen molar-refractivity contribution in [1.82, 2.24) is 20.1 Å². The number of nitrogens with zero attached hydrogens (tertiary/aromatic N) is 3. The number of fused-ring (bicyclic) bond motifs is 2. The molecule has 4 rings (SSSR count). The Morgan fingerprint density at radius 1 is 1.28 bits per heavy atom. The Labute approximate surface area is 146 Å². The van der Waals surface area contributed by atoms with E-state index in [9.17, 15) is 4.79 Å². The number of likely N-dealkylation sites (tertiary alicyclic amines) is 1. The van der Waals surface area contributed by atoms with Crippen LogP contribution in [0.1, 0.15) is 40.9 Å². The lowest BCUT2D eigenvalue weighted by molar-refractivity contribution is 0.0628. The molecule has 132 valence electrons. The summed E-state index contributed by atoms with van der Waals surface area (Å²) in [6.45, 7) is 1.45. The van der Waals surface area contributed by atoms with Gasteiger partial charge in [0, 0.05) is 30.3 Å². The van der Waals surface area contributed by atoms with Crippen LogP contribution in [0.5, 0.6) is 11.8 Å². The summed E-state index contributed by atoms with van der Waals surface area (Å²) in [5.74, 6) is 0.693. The lowest BCUT2D eigenvalue weighted by atomic mass is 9.77. The molecule has 0 saturated carbocycles. The van der Waals surface area contributed by atoms with Gasteiger partial charge in [0.2, 0.25) is 11.8 Å². The van der Waals surface area contributed by atoms with E-state index in [1.54, 1.807) is 19.2 Å². The maximum absolute atomic E-state index is 13.1. The number of carbonyl (C=O) groups is 1. The van der Waals surface area contributed by atoms with Gasteiger partial charge in [0.15, 0.2) is 0 Å². The van der Waals surface area contributed by atoms with Crippen molar-refractivity contribution in [2.24, 2.45) is 0 Å². The van der Waals surface area contributed by atoms with E-state index in [0.717, 1.165) is 32.2 Å². The first-order chi connectivity index (χ1) is 12.2. The lowest BCUT2D eigenvalue weighted by Crippen LogP contribution is -2.48. The van der Waals surface area contributed by atoms with Gasteiger partial charge in [0.05, 0.1) is 20.4 Å². The molecule has 1 unspecified atom stereocenters. The number of piperidine rings is 1. The van der Waals surface area contributed by atoms with Crippen molar-refractivity contribution in [2.45, 2.75) is 31.1 Å². The molecule has 1 aliphatic carbocycles. The topological polar surface area (TPSA) is 80.3 Å². The van der Waals surface area contributed by atoms with Crippen molar-refractivity contribution in [2.75, 3.05) is 27.3 Å². The Bertz CT molecular complexity index is 803. The zero-order valence-electron chi connectivity index (χ0n) is 14.5. The van der Waals surface area contributed by atoms with E-state index >= 15 is 0 Å². The fraction of sp³-hybridized carbons (Fsp3) is 0.500. The highest BCUT2D eigenvalue weighted by atomic mass is 16.5. The van der Waals surface area contributed by atoms with E-state index < -0.39 is 0 Å². The molecule has 1 aliphatic heterocycles. The molecule has 1 spiro atoms. The Morgan fingerprint density at radius 3 is 2.96 bits per heavy atom. The third-order valence-electron chi connectivity index (χ3n) is 5.45. The molecule has 2 aromatic rings. The van der Waals surface area contributed by atoms with Gasteiger partial charge in [0.25, 0.3) is 5.91 Å². The minimum Gasteiger partial charge on any atom is -0.481 e. The minimum atomic E-state index is -0.0426. The predicted molar refractivity (Wildman–Crippen MR) is 91.1 cm³/mol. The molecule has 2 aromatic heterocycles. The maximum Gasteiger partial charge on any atom is 0.259 e. The third kappa shape index (κ3) is 2.54. The number of rotatable bonds is 3. The highest BCUT2D eigenvalue weighted by Crippen LogP contribution is 2.44. The van der Waals surface area contributed by atoms with Crippen LogP contribution in [-0.2, 0) is 11.8 Å². The fourth-order valence-electron chi connectivity index (χ4n) is 4.20. The highest BCUT2D eigenvalue weighted by Gasteiger charge is 2.44. The van der Waals surface area contributed by atoms with Crippen molar-refractivity contribution in [3.8, 4) is 11.8 Å². The molecule has 1 fully saturated rings. The van der Waals surface area contributed by atoms with E-state index in [1.165, 1.54) is 18.4 Å². The zero-order valence-corrected chi connectivity index (χ0v) is 14.5. The van der Waals surface area contributed by atoms with E-state index in [4.69, 9.17) is 9.47 Å². The zero-order chi connectivity index (χ0) is 17.4. The predicted octanol–water partition coefficient (Wildman–Crippen LogP) is 1.94. The number of carbonyl (C=O) groups excluding carboxylic acids is 1. The number of H-pyrrole nitrogens is 1. The quantitative estimate of drug-likeness (QED) is 0.922. The van der Waals surface area contributed by atoms with Gasteiger partial charge in [-0.25, -0.2) is 0 Å². The second-order valence-corrected chi connectivity index (χ2v) is 6.79. The number of aryl methyl sites for hydroxylation is 1. The van der Waals surface area contributed by atoms with Gasteiger partial charge in [0.1, 0.15) is 5.56 Å². The number of hydrogen-bond donors (Lipinski definition) is 1. The SMILES string of the molecule is COc1ccc(C(=O)N2CCCC3(CCc4cn[nH]c43)C2)c(OC)n1. The Morgan fingerprint density at radius 2 is 2.16 bits per heavy atom. The summed E-state index contributed by atoms with van der Waals surface area (Å²) in [5, 5.41) is 7.37. The van der Waals surface area contributed by atoms with Crippen molar-refractivity contribution in [3.63, 3.8) is 0 Å². The van der Waals surface area contributed by atoms with Crippen molar-refractivity contribution in [3.05, 3.63) is 35.2 Å². The van der Waals surface area contributed by atoms with Crippen molar-refractivity contribution >= 4 is 5.91 Å². The van der Waals surface area contributed by atoms with Gasteiger partial charge >= 0.3 is 0 Å². The number of aromatic nitrogens is 3. The van der Waals surface area contributed by atoms with Crippen LogP contribution >= 0.6 is 0 Å². The smallest absolute Gasteiger partial charge is 0.259 e. The second-order valence-electron chi connectivity index (χ2n) is 6.79. The fourth-order valence-corrected chi connectivity index (χ4v) is 4.20. The summed E-state index contributed by atoms with van der Waals surface area (Å²) in [4.78, 5) is 19.3. The molecule has 25 heavy (non-hydrogen) atoms. The average molecular weight is 342 g/mol. The molecule has 0 aromatic carbocycles. The molecule has 3 heterocycles. The van der Waals surface area contributed by atoms with Gasteiger partial charge in [-0.1, -0.05) is 0 Å². The molecule has 7 nitrogen and oxygen atoms in total. The maximum atomic E-state index is 13.1. The molecule has 1 saturated heterocycles. The summed E-state index contributed by atoms with van der Waals surface area (Å²) < 4.78 is 10.4. The highest BCUT2D eigenvalue weighted by molar-refractivity contribution is 5.96. The number of amides is 1. The van der Waals surface area contributed by atoms with Gasteiger partial charge < -0.3 is 14.4 Å². The molecule has 1 atom stereocenters. The van der Waals surface area contributed by atoms with Gasteiger partial charge in [-0.05, 0) is 37.3 Å². The molecule has 2 aliphatic rings. The normalized spacial score (nSPS) is 22.1. The van der Waals surface area contributed by atoms with Gasteiger partial charge in [-0.15, -0.1) is 0 Å². The Balaban J connectivity index is 1.61. The van der Waals surface area contributed by atoms with Crippen LogP contribution in [0.25, 0.3) is 0 Å². The van der Waals surface area contributed by atoms with Crippen molar-refractivity contribution in [1.29, 1.82) is 0 Å². The van der Waals surface area contributed by atoms with Crippen LogP contribution in [0.15, 0.2) is 18.3 Å². The largest absolute Gasteiger partial charge is 0.481 e. The molecule has 7 heteroatoms. The second kappa shape index (κ2) is 6.06. The van der Waals surface area contributed by atoms with E-state index in [1.807, 2.05) is 11.1 Å². The number of hydrogen-bond acceptors (Lipinski definition) is 5. The molecule has 1 amide bonds. The summed E-state index contributed by atoms with van der Waals surface area (Å²) in [6.07, 6.45) is 6.08. The summed E-state index contributed by atoms with van der Waals surface area (Å²) >= 11 is 0. The van der Waals surface area contributed by atoms with E-state index in [2.05, 4.69) is 15.2 Å². The third-order valence-corrected chi connectivity index (χ3v) is 5.45. The Hall–Kier alpha value is -2.57. The number of ether oxygens (including phenoxy) is 2. The molecule has 0 radical (unpaired) electrons. The van der Waals surface area contributed by atoms with Crippen LogP contribution in [0.3, 0.4) is 0 Å². The monoisotopic (exact) mass is 342 g/mol. The number of methoxy groups -OCH3 is 2. The first kappa shape index (κ1) is 15.9. The van der Waals surface area contributed by atoms with Crippen LogP contribution in [0, 0.1) is 0 Å². The van der Waals surface area contributed by atoms with Crippen LogP contribution < -0.4 is 9.47 Å². The number of nitrogens with one attached hydrogen (secondary N) is 1. The number of aromatic amines is 1. The molecule has 0 bridgehead atoms. The first-order valence-corrected chi connectivity index (χ1v) is 8.58. The average Bonchev–Trinajstić information content (AvgIpc) is 3.25. The van der Waals surface area contributed by atoms with Crippen LogP contribution in [0.4, 0.5) is 0 Å². The minimum absolute atomic E-state index is 0.00682. The standard InChI is InChI=1S/C18H22N4O3/c1-24-14-5-4-13(16(20-14)25-2)17(23)22-9-3-7-18(11-22)8-6-12-10-19-21-15(12)18/h4-5,10H,3,6-9,11H2,1-2H3,(H,19,21). The van der Waals surface area contributed by atoms with E-state index in [0.29, 0.717) is 23.9 Å². The molecular formula is C18H22N4O3. The van der Waals surface area contributed by atoms with Crippen molar-refractivity contribution < 1.29 is 14.3 Å². The van der Waals surface area contributed by atoms with Gasteiger partial charge in [-0.2, -0.15) is 10.1 Å². The van der Waals surface area contributed by atoms with E-state index in [-0.39, 0.29) is 11.3 Å². The molecular weight excluding hydrogens is 320 g/mol. The molecule has 1 N–H and O–H groups in total. The van der Waals surface area contributed by atoms with Gasteiger partial charge in [-0.3, -0.25) is 9.89 Å². The summed E-state index contributed by atoms with van der Waals surface area (Å²) in [5.41, 5.74) is 2.98. The van der Waals surface area contributed by atoms with Crippen LogP contribution in [-0.4, -0.2) is 53.3 Å². The first-order valence-electron chi connectivity index (χ1n) is 8.58.